The summed E-state index contributed by atoms with van der Waals surface area (Å²) < 4.78 is 10.1. The third kappa shape index (κ3) is 2.22. The molecule has 1 aromatic rings. The molecule has 1 amide bonds. The van der Waals surface area contributed by atoms with Crippen molar-refractivity contribution in [2.75, 3.05) is 25.3 Å². The van der Waals surface area contributed by atoms with Gasteiger partial charge in [0.25, 0.3) is 0 Å². The molecular weight excluding hydrogens is 220 g/mol. The Hall–Kier alpha value is -2.04. The van der Waals surface area contributed by atoms with Crippen LogP contribution in [-0.2, 0) is 4.74 Å². The van der Waals surface area contributed by atoms with Gasteiger partial charge in [-0.1, -0.05) is 0 Å². The number of ether oxygens (including phenoxy) is 2. The third-order valence-corrected chi connectivity index (χ3v) is 2.47. The van der Waals surface area contributed by atoms with Gasteiger partial charge < -0.3 is 9.47 Å². The number of hydrogen-bond acceptors (Lipinski definition) is 4. The van der Waals surface area contributed by atoms with Crippen LogP contribution in [0.1, 0.15) is 12.5 Å². The Labute approximate surface area is 99.7 Å². The minimum absolute atomic E-state index is 0.277. The number of carbonyl (C=O) groups is 1. The molecule has 0 radical (unpaired) electrons. The molecule has 1 aromatic carbocycles. The van der Waals surface area contributed by atoms with Crippen LogP contribution in [0.2, 0.25) is 0 Å². The first kappa shape index (κ1) is 11.4. The molecule has 90 valence electrons. The number of aliphatic imine (C=N–C) groups is 1. The molecule has 0 aliphatic carbocycles. The first-order valence-electron chi connectivity index (χ1n) is 5.38. The molecule has 0 bridgehead atoms. The van der Waals surface area contributed by atoms with Crippen LogP contribution in [0.4, 0.5) is 10.5 Å². The van der Waals surface area contributed by atoms with E-state index < -0.39 is 0 Å². The standard InChI is InChI=1S/C12H14N2O3/c1-3-17-12(15)14-8-13-7-9-4-5-10(16-2)6-11(9)14/h4-7H,3,8H2,1-2H3. The fraction of sp³-hybridized carbons (Fsp3) is 0.333. The zero-order valence-corrected chi connectivity index (χ0v) is 9.84. The lowest BCUT2D eigenvalue weighted by atomic mass is 10.1. The second kappa shape index (κ2) is 4.86. The van der Waals surface area contributed by atoms with Crippen LogP contribution in [0.25, 0.3) is 0 Å². The maximum Gasteiger partial charge on any atom is 0.415 e. The van der Waals surface area contributed by atoms with E-state index in [2.05, 4.69) is 4.99 Å². The zero-order chi connectivity index (χ0) is 12.3. The van der Waals surface area contributed by atoms with Crippen molar-refractivity contribution in [2.45, 2.75) is 6.92 Å². The van der Waals surface area contributed by atoms with Gasteiger partial charge in [0, 0.05) is 17.8 Å². The van der Waals surface area contributed by atoms with E-state index in [1.54, 1.807) is 26.3 Å². The Morgan fingerprint density at radius 2 is 2.35 bits per heavy atom. The lowest BCUT2D eigenvalue weighted by Gasteiger charge is -2.24. The molecule has 2 rings (SSSR count). The van der Waals surface area contributed by atoms with E-state index in [-0.39, 0.29) is 12.8 Å². The van der Waals surface area contributed by atoms with E-state index in [1.165, 1.54) is 4.90 Å². The molecule has 0 saturated heterocycles. The molecular formula is C12H14N2O3. The highest BCUT2D eigenvalue weighted by molar-refractivity contribution is 5.98. The molecule has 1 heterocycles. The van der Waals surface area contributed by atoms with Crippen molar-refractivity contribution in [3.63, 3.8) is 0 Å². The SMILES string of the molecule is CCOC(=O)N1CN=Cc2ccc(OC)cc21. The summed E-state index contributed by atoms with van der Waals surface area (Å²) in [6, 6.07) is 5.50. The summed E-state index contributed by atoms with van der Waals surface area (Å²) in [5.41, 5.74) is 1.64. The number of rotatable bonds is 2. The van der Waals surface area contributed by atoms with Gasteiger partial charge in [0.05, 0.1) is 19.4 Å². The first-order valence-corrected chi connectivity index (χ1v) is 5.38. The van der Waals surface area contributed by atoms with Crippen LogP contribution in [0, 0.1) is 0 Å². The fourth-order valence-corrected chi connectivity index (χ4v) is 1.65. The van der Waals surface area contributed by atoms with Crippen molar-refractivity contribution < 1.29 is 14.3 Å². The van der Waals surface area contributed by atoms with Crippen molar-refractivity contribution in [3.05, 3.63) is 23.8 Å². The number of hydrogen-bond donors (Lipinski definition) is 0. The number of fused-ring (bicyclic) bond motifs is 1. The Balaban J connectivity index is 2.35. The predicted molar refractivity (Wildman–Crippen MR) is 65.0 cm³/mol. The molecule has 0 fully saturated rings. The molecule has 0 spiro atoms. The van der Waals surface area contributed by atoms with E-state index in [9.17, 15) is 4.79 Å². The smallest absolute Gasteiger partial charge is 0.415 e. The molecule has 5 heteroatoms. The molecule has 0 atom stereocenters. The van der Waals surface area contributed by atoms with Gasteiger partial charge in [-0.05, 0) is 19.1 Å². The van der Waals surface area contributed by atoms with Crippen molar-refractivity contribution in [1.29, 1.82) is 0 Å². The minimum Gasteiger partial charge on any atom is -0.497 e. The van der Waals surface area contributed by atoms with Crippen molar-refractivity contribution in [1.82, 2.24) is 0 Å². The summed E-state index contributed by atoms with van der Waals surface area (Å²) in [6.45, 7) is 2.40. The number of nitrogens with zero attached hydrogens (tertiary/aromatic N) is 2. The number of amides is 1. The molecule has 17 heavy (non-hydrogen) atoms. The highest BCUT2D eigenvalue weighted by atomic mass is 16.6. The van der Waals surface area contributed by atoms with Gasteiger partial charge in [0.2, 0.25) is 0 Å². The summed E-state index contributed by atoms with van der Waals surface area (Å²) in [4.78, 5) is 17.4. The van der Waals surface area contributed by atoms with Gasteiger partial charge in [-0.2, -0.15) is 0 Å². The molecule has 1 aliphatic heterocycles. The summed E-state index contributed by atoms with van der Waals surface area (Å²) in [5.74, 6) is 0.702. The summed E-state index contributed by atoms with van der Waals surface area (Å²) in [6.07, 6.45) is 1.35. The van der Waals surface area contributed by atoms with E-state index in [4.69, 9.17) is 9.47 Å². The number of benzene rings is 1. The summed E-state index contributed by atoms with van der Waals surface area (Å²) in [5, 5.41) is 0. The third-order valence-electron chi connectivity index (χ3n) is 2.47. The maximum atomic E-state index is 11.7. The van der Waals surface area contributed by atoms with Crippen molar-refractivity contribution in [3.8, 4) is 5.75 Å². The lowest BCUT2D eigenvalue weighted by Crippen LogP contribution is -2.34. The van der Waals surface area contributed by atoms with Crippen LogP contribution < -0.4 is 9.64 Å². The molecule has 0 N–H and O–H groups in total. The molecule has 0 saturated carbocycles. The second-order valence-electron chi connectivity index (χ2n) is 3.50. The number of methoxy groups -OCH3 is 1. The van der Waals surface area contributed by atoms with Gasteiger partial charge in [-0.25, -0.2) is 4.79 Å². The van der Waals surface area contributed by atoms with Gasteiger partial charge in [0.1, 0.15) is 12.4 Å². The average molecular weight is 234 g/mol. The first-order chi connectivity index (χ1) is 8.26. The topological polar surface area (TPSA) is 51.1 Å². The number of carbonyl (C=O) groups excluding carboxylic acids is 1. The Morgan fingerprint density at radius 1 is 1.53 bits per heavy atom. The van der Waals surface area contributed by atoms with E-state index in [1.807, 2.05) is 12.1 Å². The molecule has 5 nitrogen and oxygen atoms in total. The average Bonchev–Trinajstić information content (AvgIpc) is 2.37. The predicted octanol–water partition coefficient (Wildman–Crippen LogP) is 2.05. The van der Waals surface area contributed by atoms with Gasteiger partial charge in [0.15, 0.2) is 0 Å². The van der Waals surface area contributed by atoms with Gasteiger partial charge >= 0.3 is 6.09 Å². The minimum atomic E-state index is -0.390. The van der Waals surface area contributed by atoms with Gasteiger partial charge in [-0.15, -0.1) is 0 Å². The molecule has 0 aromatic heterocycles. The highest BCUT2D eigenvalue weighted by Crippen LogP contribution is 2.27. The van der Waals surface area contributed by atoms with E-state index in [0.717, 1.165) is 11.3 Å². The van der Waals surface area contributed by atoms with Crippen molar-refractivity contribution >= 4 is 18.0 Å². The largest absolute Gasteiger partial charge is 0.497 e. The number of anilines is 1. The Morgan fingerprint density at radius 3 is 3.06 bits per heavy atom. The summed E-state index contributed by atoms with van der Waals surface area (Å²) in [7, 11) is 1.59. The second-order valence-corrected chi connectivity index (χ2v) is 3.50. The van der Waals surface area contributed by atoms with Crippen LogP contribution >= 0.6 is 0 Å². The highest BCUT2D eigenvalue weighted by Gasteiger charge is 2.22. The Bertz CT molecular complexity index is 457. The monoisotopic (exact) mass is 234 g/mol. The summed E-state index contributed by atoms with van der Waals surface area (Å²) >= 11 is 0. The Kier molecular flexibility index (Phi) is 3.27. The maximum absolute atomic E-state index is 11.7. The fourth-order valence-electron chi connectivity index (χ4n) is 1.65. The van der Waals surface area contributed by atoms with Crippen LogP contribution in [0.3, 0.4) is 0 Å². The van der Waals surface area contributed by atoms with Gasteiger partial charge in [-0.3, -0.25) is 9.89 Å². The normalized spacial score (nSPS) is 13.2. The van der Waals surface area contributed by atoms with Crippen LogP contribution in [0.5, 0.6) is 5.75 Å². The van der Waals surface area contributed by atoms with E-state index >= 15 is 0 Å². The lowest BCUT2D eigenvalue weighted by molar-refractivity contribution is 0.160. The van der Waals surface area contributed by atoms with Crippen LogP contribution in [0.15, 0.2) is 23.2 Å². The molecule has 1 aliphatic rings. The van der Waals surface area contributed by atoms with Crippen LogP contribution in [-0.4, -0.2) is 32.7 Å². The van der Waals surface area contributed by atoms with E-state index in [0.29, 0.717) is 12.4 Å². The molecule has 0 unspecified atom stereocenters. The van der Waals surface area contributed by atoms with Crippen molar-refractivity contribution in [2.24, 2.45) is 4.99 Å². The zero-order valence-electron chi connectivity index (χ0n) is 9.84. The quantitative estimate of drug-likeness (QED) is 0.786.